The topological polar surface area (TPSA) is 92.8 Å². The number of ether oxygens (including phenoxy) is 1. The van der Waals surface area contributed by atoms with Gasteiger partial charge in [-0.25, -0.2) is 4.79 Å². The van der Waals surface area contributed by atoms with Crippen LogP contribution in [0.25, 0.3) is 6.08 Å². The Labute approximate surface area is 175 Å². The van der Waals surface area contributed by atoms with Crippen molar-refractivity contribution in [3.8, 4) is 0 Å². The van der Waals surface area contributed by atoms with Crippen molar-refractivity contribution < 1.29 is 23.9 Å². The molecule has 0 spiro atoms. The standard InChI is InChI=1S/C20H15ClN2O5S/c1-28-19(26)14-10-13(7-8-15(14)21)22-17(24)11-23-18(25)16(29-20(23)27)9-12-5-3-2-4-6-12/h2-10H,11H2,1H3,(H,22,24)/b16-9+. The highest BCUT2D eigenvalue weighted by atomic mass is 35.5. The molecule has 1 heterocycles. The first-order valence-electron chi connectivity index (χ1n) is 8.37. The molecule has 0 aliphatic carbocycles. The first kappa shape index (κ1) is 20.6. The summed E-state index contributed by atoms with van der Waals surface area (Å²) in [6, 6.07) is 13.4. The van der Waals surface area contributed by atoms with Gasteiger partial charge < -0.3 is 10.1 Å². The van der Waals surface area contributed by atoms with E-state index in [0.717, 1.165) is 22.2 Å². The van der Waals surface area contributed by atoms with Crippen molar-refractivity contribution in [3.05, 3.63) is 69.6 Å². The molecule has 29 heavy (non-hydrogen) atoms. The highest BCUT2D eigenvalue weighted by Crippen LogP contribution is 2.32. The number of nitrogens with one attached hydrogen (secondary N) is 1. The van der Waals surface area contributed by atoms with Gasteiger partial charge in [0.15, 0.2) is 0 Å². The average molecular weight is 431 g/mol. The van der Waals surface area contributed by atoms with Gasteiger partial charge >= 0.3 is 5.97 Å². The van der Waals surface area contributed by atoms with Gasteiger partial charge in [-0.2, -0.15) is 0 Å². The third-order valence-corrected chi connectivity index (χ3v) is 5.17. The first-order valence-corrected chi connectivity index (χ1v) is 9.56. The summed E-state index contributed by atoms with van der Waals surface area (Å²) in [6.45, 7) is -0.451. The number of benzene rings is 2. The van der Waals surface area contributed by atoms with E-state index in [4.69, 9.17) is 11.6 Å². The molecule has 1 aliphatic heterocycles. The Balaban J connectivity index is 1.69. The Bertz CT molecular complexity index is 1020. The second-order valence-corrected chi connectivity index (χ2v) is 7.31. The van der Waals surface area contributed by atoms with Crippen molar-refractivity contribution in [1.82, 2.24) is 4.90 Å². The average Bonchev–Trinajstić information content (AvgIpc) is 2.97. The fourth-order valence-electron chi connectivity index (χ4n) is 2.55. The summed E-state index contributed by atoms with van der Waals surface area (Å²) in [4.78, 5) is 49.8. The zero-order valence-electron chi connectivity index (χ0n) is 15.2. The molecule has 2 aromatic rings. The summed E-state index contributed by atoms with van der Waals surface area (Å²) in [5.41, 5.74) is 1.15. The van der Waals surface area contributed by atoms with Gasteiger partial charge in [0.1, 0.15) is 6.54 Å². The zero-order chi connectivity index (χ0) is 21.0. The molecule has 0 bridgehead atoms. The van der Waals surface area contributed by atoms with Crippen LogP contribution in [0.2, 0.25) is 5.02 Å². The van der Waals surface area contributed by atoms with E-state index in [1.54, 1.807) is 18.2 Å². The second kappa shape index (κ2) is 8.93. The van der Waals surface area contributed by atoms with Gasteiger partial charge in [-0.1, -0.05) is 41.9 Å². The third-order valence-electron chi connectivity index (χ3n) is 3.93. The summed E-state index contributed by atoms with van der Waals surface area (Å²) < 4.78 is 4.63. The van der Waals surface area contributed by atoms with Crippen LogP contribution in [-0.2, 0) is 14.3 Å². The highest BCUT2D eigenvalue weighted by Gasteiger charge is 2.36. The molecule has 0 unspecified atom stereocenters. The summed E-state index contributed by atoms with van der Waals surface area (Å²) in [5, 5.41) is 2.18. The fraction of sp³-hybridized carbons (Fsp3) is 0.100. The number of carbonyl (C=O) groups excluding carboxylic acids is 4. The monoisotopic (exact) mass is 430 g/mol. The van der Waals surface area contributed by atoms with Gasteiger partial charge in [-0.3, -0.25) is 19.3 Å². The van der Waals surface area contributed by atoms with Crippen LogP contribution >= 0.6 is 23.4 Å². The third kappa shape index (κ3) is 4.85. The van der Waals surface area contributed by atoms with Crippen LogP contribution in [0.15, 0.2) is 53.4 Å². The Morgan fingerprint density at radius 3 is 2.59 bits per heavy atom. The summed E-state index contributed by atoms with van der Waals surface area (Å²) in [7, 11) is 1.22. The smallest absolute Gasteiger partial charge is 0.339 e. The van der Waals surface area contributed by atoms with E-state index in [2.05, 4.69) is 10.1 Å². The van der Waals surface area contributed by atoms with Gasteiger partial charge in [-0.05, 0) is 41.6 Å². The molecule has 7 nitrogen and oxygen atoms in total. The van der Waals surface area contributed by atoms with Gasteiger partial charge in [-0.15, -0.1) is 0 Å². The first-order chi connectivity index (χ1) is 13.9. The SMILES string of the molecule is COC(=O)c1cc(NC(=O)CN2C(=O)S/C(=C/c3ccccc3)C2=O)ccc1Cl. The second-order valence-electron chi connectivity index (χ2n) is 5.91. The lowest BCUT2D eigenvalue weighted by Crippen LogP contribution is -2.36. The van der Waals surface area contributed by atoms with E-state index < -0.39 is 29.6 Å². The van der Waals surface area contributed by atoms with Crippen LogP contribution in [0.1, 0.15) is 15.9 Å². The lowest BCUT2D eigenvalue weighted by atomic mass is 10.2. The van der Waals surface area contributed by atoms with Crippen LogP contribution in [0.3, 0.4) is 0 Å². The Hall–Kier alpha value is -3.10. The molecule has 3 amide bonds. The molecular formula is C20H15ClN2O5S. The van der Waals surface area contributed by atoms with E-state index in [1.807, 2.05) is 18.2 Å². The molecule has 9 heteroatoms. The molecule has 1 fully saturated rings. The summed E-state index contributed by atoms with van der Waals surface area (Å²) in [6.07, 6.45) is 1.60. The van der Waals surface area contributed by atoms with E-state index in [0.29, 0.717) is 0 Å². The van der Waals surface area contributed by atoms with Crippen molar-refractivity contribution in [1.29, 1.82) is 0 Å². The number of anilines is 1. The lowest BCUT2D eigenvalue weighted by molar-refractivity contribution is -0.127. The lowest BCUT2D eigenvalue weighted by Gasteiger charge is -2.13. The molecule has 1 saturated heterocycles. The molecule has 1 N–H and O–H groups in total. The number of halogens is 1. The van der Waals surface area contributed by atoms with Gasteiger partial charge in [0.2, 0.25) is 5.91 Å². The molecule has 148 valence electrons. The van der Waals surface area contributed by atoms with Crippen molar-refractivity contribution in [2.75, 3.05) is 19.0 Å². The van der Waals surface area contributed by atoms with Crippen molar-refractivity contribution in [3.63, 3.8) is 0 Å². The predicted molar refractivity (Wildman–Crippen MR) is 111 cm³/mol. The van der Waals surface area contributed by atoms with Gasteiger partial charge in [0.25, 0.3) is 11.1 Å². The maximum atomic E-state index is 12.5. The van der Waals surface area contributed by atoms with Crippen molar-refractivity contribution in [2.24, 2.45) is 0 Å². The minimum Gasteiger partial charge on any atom is -0.465 e. The van der Waals surface area contributed by atoms with Crippen LogP contribution in [0, 0.1) is 0 Å². The van der Waals surface area contributed by atoms with Crippen LogP contribution < -0.4 is 5.32 Å². The van der Waals surface area contributed by atoms with E-state index >= 15 is 0 Å². The van der Waals surface area contributed by atoms with Crippen molar-refractivity contribution in [2.45, 2.75) is 0 Å². The van der Waals surface area contributed by atoms with Crippen LogP contribution in [-0.4, -0.2) is 41.6 Å². The molecule has 2 aromatic carbocycles. The minimum absolute atomic E-state index is 0.0870. The zero-order valence-corrected chi connectivity index (χ0v) is 16.8. The Morgan fingerprint density at radius 1 is 1.17 bits per heavy atom. The summed E-state index contributed by atoms with van der Waals surface area (Å²) in [5.74, 6) is -1.78. The Kier molecular flexibility index (Phi) is 6.36. The van der Waals surface area contributed by atoms with E-state index in [9.17, 15) is 19.2 Å². The number of nitrogens with zero attached hydrogens (tertiary/aromatic N) is 1. The molecule has 0 saturated carbocycles. The highest BCUT2D eigenvalue weighted by molar-refractivity contribution is 8.18. The maximum Gasteiger partial charge on any atom is 0.339 e. The molecule has 3 rings (SSSR count). The maximum absolute atomic E-state index is 12.5. The molecule has 1 aliphatic rings. The number of carbonyl (C=O) groups is 4. The number of imide groups is 1. The van der Waals surface area contributed by atoms with Crippen LogP contribution in [0.4, 0.5) is 10.5 Å². The minimum atomic E-state index is -0.650. The molecular weight excluding hydrogens is 416 g/mol. The van der Waals surface area contributed by atoms with E-state index in [1.165, 1.54) is 25.3 Å². The van der Waals surface area contributed by atoms with E-state index in [-0.39, 0.29) is 21.2 Å². The largest absolute Gasteiger partial charge is 0.465 e. The number of rotatable bonds is 5. The summed E-state index contributed by atoms with van der Waals surface area (Å²) >= 11 is 6.72. The quantitative estimate of drug-likeness (QED) is 0.573. The number of thioether (sulfide) groups is 1. The van der Waals surface area contributed by atoms with Crippen molar-refractivity contribution >= 4 is 58.1 Å². The normalized spacial score (nSPS) is 15.0. The van der Waals surface area contributed by atoms with Gasteiger partial charge in [0, 0.05) is 5.69 Å². The molecule has 0 aromatic heterocycles. The number of amides is 3. The molecule has 0 atom stereocenters. The fourth-order valence-corrected chi connectivity index (χ4v) is 3.58. The predicted octanol–water partition coefficient (Wildman–Crippen LogP) is 3.80. The number of hydrogen-bond donors (Lipinski definition) is 1. The van der Waals surface area contributed by atoms with Crippen LogP contribution in [0.5, 0.6) is 0 Å². The number of esters is 1. The number of methoxy groups -OCH3 is 1. The molecule has 0 radical (unpaired) electrons. The Morgan fingerprint density at radius 2 is 1.90 bits per heavy atom. The van der Waals surface area contributed by atoms with Gasteiger partial charge in [0.05, 0.1) is 22.6 Å². The number of hydrogen-bond acceptors (Lipinski definition) is 6.